The van der Waals surface area contributed by atoms with Crippen LogP contribution in [0.3, 0.4) is 0 Å². The number of amides is 3. The summed E-state index contributed by atoms with van der Waals surface area (Å²) < 4.78 is 0. The Morgan fingerprint density at radius 2 is 1.79 bits per heavy atom. The van der Waals surface area contributed by atoms with Gasteiger partial charge in [-0.15, -0.1) is 0 Å². The standard InChI is InChI=1S/C16H27N3O5/c1-3-17-13(20)5-4-6-14(21)18(2)11-15(22)19-9-7-12(8-10-19)16(23)24/h12H,3-11H2,1-2H3,(H,17,20)(H,23,24). The minimum atomic E-state index is -0.818. The molecule has 0 aliphatic carbocycles. The lowest BCUT2D eigenvalue weighted by atomic mass is 9.97. The van der Waals surface area contributed by atoms with Crippen LogP contribution in [0, 0.1) is 5.92 Å². The number of carboxylic acid groups (broad SMARTS) is 1. The van der Waals surface area contributed by atoms with E-state index in [2.05, 4.69) is 5.32 Å². The molecular weight excluding hydrogens is 314 g/mol. The lowest BCUT2D eigenvalue weighted by molar-refractivity contribution is -0.146. The molecule has 1 aliphatic heterocycles. The Morgan fingerprint density at radius 3 is 2.33 bits per heavy atom. The average Bonchev–Trinajstić information content (AvgIpc) is 2.54. The van der Waals surface area contributed by atoms with Crippen molar-refractivity contribution < 1.29 is 24.3 Å². The van der Waals surface area contributed by atoms with Gasteiger partial charge in [-0.2, -0.15) is 0 Å². The van der Waals surface area contributed by atoms with Gasteiger partial charge in [0.15, 0.2) is 0 Å². The number of piperidine rings is 1. The third-order valence-electron chi connectivity index (χ3n) is 4.16. The maximum absolute atomic E-state index is 12.2. The molecule has 0 aromatic heterocycles. The van der Waals surface area contributed by atoms with Crippen molar-refractivity contribution in [1.29, 1.82) is 0 Å². The van der Waals surface area contributed by atoms with Gasteiger partial charge < -0.3 is 20.2 Å². The molecule has 8 nitrogen and oxygen atoms in total. The molecule has 3 amide bonds. The summed E-state index contributed by atoms with van der Waals surface area (Å²) in [6.07, 6.45) is 1.87. The summed E-state index contributed by atoms with van der Waals surface area (Å²) in [5, 5.41) is 11.6. The quantitative estimate of drug-likeness (QED) is 0.650. The SMILES string of the molecule is CCNC(=O)CCCC(=O)N(C)CC(=O)N1CCC(C(=O)O)CC1. The number of hydrogen-bond donors (Lipinski definition) is 2. The monoisotopic (exact) mass is 341 g/mol. The maximum atomic E-state index is 12.2. The van der Waals surface area contributed by atoms with E-state index in [0.29, 0.717) is 45.3 Å². The van der Waals surface area contributed by atoms with Gasteiger partial charge in [0.1, 0.15) is 0 Å². The van der Waals surface area contributed by atoms with E-state index in [4.69, 9.17) is 5.11 Å². The summed E-state index contributed by atoms with van der Waals surface area (Å²) in [5.41, 5.74) is 0. The van der Waals surface area contributed by atoms with Gasteiger partial charge in [-0.1, -0.05) is 0 Å². The molecule has 1 saturated heterocycles. The summed E-state index contributed by atoms with van der Waals surface area (Å²) >= 11 is 0. The molecule has 1 fully saturated rings. The van der Waals surface area contributed by atoms with Gasteiger partial charge in [0.2, 0.25) is 17.7 Å². The summed E-state index contributed by atoms with van der Waals surface area (Å²) in [7, 11) is 1.57. The van der Waals surface area contributed by atoms with E-state index < -0.39 is 5.97 Å². The zero-order chi connectivity index (χ0) is 18.1. The number of carboxylic acids is 1. The lowest BCUT2D eigenvalue weighted by Gasteiger charge is -2.31. The largest absolute Gasteiger partial charge is 0.481 e. The van der Waals surface area contributed by atoms with Crippen LogP contribution in [0.25, 0.3) is 0 Å². The van der Waals surface area contributed by atoms with E-state index >= 15 is 0 Å². The first kappa shape index (κ1) is 19.9. The number of carbonyl (C=O) groups is 4. The number of likely N-dealkylation sites (N-methyl/N-ethyl adjacent to an activating group) is 1. The van der Waals surface area contributed by atoms with Gasteiger partial charge in [-0.05, 0) is 26.2 Å². The first-order valence-corrected chi connectivity index (χ1v) is 8.36. The molecule has 2 N–H and O–H groups in total. The first-order chi connectivity index (χ1) is 11.3. The minimum absolute atomic E-state index is 0.0161. The minimum Gasteiger partial charge on any atom is -0.481 e. The van der Waals surface area contributed by atoms with Gasteiger partial charge >= 0.3 is 5.97 Å². The van der Waals surface area contributed by atoms with E-state index in [0.717, 1.165) is 0 Å². The number of likely N-dealkylation sites (tertiary alicyclic amines) is 1. The zero-order valence-electron chi connectivity index (χ0n) is 14.4. The second kappa shape index (κ2) is 9.89. The number of carbonyl (C=O) groups excluding carboxylic acids is 3. The lowest BCUT2D eigenvalue weighted by Crippen LogP contribution is -2.45. The van der Waals surface area contributed by atoms with E-state index in [9.17, 15) is 19.2 Å². The van der Waals surface area contributed by atoms with E-state index in [1.807, 2.05) is 6.92 Å². The fraction of sp³-hybridized carbons (Fsp3) is 0.750. The molecule has 24 heavy (non-hydrogen) atoms. The fourth-order valence-corrected chi connectivity index (χ4v) is 2.64. The number of hydrogen-bond acceptors (Lipinski definition) is 4. The summed E-state index contributed by atoms with van der Waals surface area (Å²) in [6.45, 7) is 3.21. The maximum Gasteiger partial charge on any atom is 0.306 e. The predicted molar refractivity (Wildman–Crippen MR) is 87.1 cm³/mol. The highest BCUT2D eigenvalue weighted by atomic mass is 16.4. The van der Waals surface area contributed by atoms with Crippen molar-refractivity contribution in [3.05, 3.63) is 0 Å². The average molecular weight is 341 g/mol. The van der Waals surface area contributed by atoms with Crippen molar-refractivity contribution in [3.63, 3.8) is 0 Å². The molecule has 0 spiro atoms. The molecule has 1 aliphatic rings. The molecule has 0 radical (unpaired) electrons. The van der Waals surface area contributed by atoms with Crippen LogP contribution < -0.4 is 5.32 Å². The van der Waals surface area contributed by atoms with Crippen LogP contribution in [0.4, 0.5) is 0 Å². The van der Waals surface area contributed by atoms with E-state index in [-0.39, 0.29) is 36.6 Å². The molecule has 1 heterocycles. The Kier molecular flexibility index (Phi) is 8.21. The van der Waals surface area contributed by atoms with Crippen molar-refractivity contribution in [3.8, 4) is 0 Å². The van der Waals surface area contributed by atoms with Crippen LogP contribution in [0.5, 0.6) is 0 Å². The normalized spacial score (nSPS) is 15.0. The highest BCUT2D eigenvalue weighted by molar-refractivity contribution is 5.85. The Balaban J connectivity index is 2.29. The van der Waals surface area contributed by atoms with Crippen molar-refractivity contribution in [2.24, 2.45) is 5.92 Å². The van der Waals surface area contributed by atoms with Gasteiger partial charge in [0.05, 0.1) is 12.5 Å². The van der Waals surface area contributed by atoms with Crippen molar-refractivity contribution in [1.82, 2.24) is 15.1 Å². The molecule has 0 unspecified atom stereocenters. The third kappa shape index (κ3) is 6.55. The number of nitrogens with one attached hydrogen (secondary N) is 1. The molecule has 0 saturated carbocycles. The van der Waals surface area contributed by atoms with Crippen LogP contribution >= 0.6 is 0 Å². The number of nitrogens with zero attached hydrogens (tertiary/aromatic N) is 2. The molecular formula is C16H27N3O5. The highest BCUT2D eigenvalue weighted by Gasteiger charge is 2.27. The molecule has 0 aromatic carbocycles. The molecule has 0 atom stereocenters. The molecule has 136 valence electrons. The second-order valence-corrected chi connectivity index (χ2v) is 6.05. The predicted octanol–water partition coefficient (Wildman–Crippen LogP) is 0.0744. The summed E-state index contributed by atoms with van der Waals surface area (Å²) in [4.78, 5) is 49.4. The number of aliphatic carboxylic acids is 1. The Hall–Kier alpha value is -2.12. The zero-order valence-corrected chi connectivity index (χ0v) is 14.4. The molecule has 0 bridgehead atoms. The van der Waals surface area contributed by atoms with Crippen LogP contribution in [-0.2, 0) is 19.2 Å². The third-order valence-corrected chi connectivity index (χ3v) is 4.16. The van der Waals surface area contributed by atoms with Gasteiger partial charge in [-0.3, -0.25) is 19.2 Å². The highest BCUT2D eigenvalue weighted by Crippen LogP contribution is 2.17. The topological polar surface area (TPSA) is 107 Å². The van der Waals surface area contributed by atoms with Crippen LogP contribution in [0.1, 0.15) is 39.0 Å². The van der Waals surface area contributed by atoms with Crippen molar-refractivity contribution in [2.45, 2.75) is 39.0 Å². The number of rotatable bonds is 8. The van der Waals surface area contributed by atoms with Crippen LogP contribution in [0.2, 0.25) is 0 Å². The summed E-state index contributed by atoms with van der Waals surface area (Å²) in [5.74, 6) is -1.62. The van der Waals surface area contributed by atoms with Gasteiger partial charge in [0.25, 0.3) is 0 Å². The van der Waals surface area contributed by atoms with E-state index in [1.54, 1.807) is 11.9 Å². The fourth-order valence-electron chi connectivity index (χ4n) is 2.64. The molecule has 8 heteroatoms. The summed E-state index contributed by atoms with van der Waals surface area (Å²) in [6, 6.07) is 0. The Bertz CT molecular complexity index is 472. The van der Waals surface area contributed by atoms with E-state index in [1.165, 1.54) is 4.90 Å². The Labute approximate surface area is 142 Å². The molecule has 1 rings (SSSR count). The van der Waals surface area contributed by atoms with Crippen LogP contribution in [-0.4, -0.2) is 71.8 Å². The van der Waals surface area contributed by atoms with Crippen LogP contribution in [0.15, 0.2) is 0 Å². The Morgan fingerprint density at radius 1 is 1.17 bits per heavy atom. The molecule has 0 aromatic rings. The first-order valence-electron chi connectivity index (χ1n) is 8.36. The van der Waals surface area contributed by atoms with Crippen molar-refractivity contribution in [2.75, 3.05) is 33.2 Å². The second-order valence-electron chi connectivity index (χ2n) is 6.05. The van der Waals surface area contributed by atoms with Gasteiger partial charge in [-0.25, -0.2) is 0 Å². The van der Waals surface area contributed by atoms with Crippen molar-refractivity contribution >= 4 is 23.7 Å². The smallest absolute Gasteiger partial charge is 0.306 e. The van der Waals surface area contributed by atoms with Gasteiger partial charge in [0, 0.05) is 39.5 Å².